The van der Waals surface area contributed by atoms with Gasteiger partial charge in [0.25, 0.3) is 5.91 Å². The van der Waals surface area contributed by atoms with Crippen LogP contribution in [0, 0.1) is 5.41 Å². The van der Waals surface area contributed by atoms with Gasteiger partial charge in [-0.3, -0.25) is 4.79 Å². The van der Waals surface area contributed by atoms with Crippen LogP contribution in [0.15, 0.2) is 18.3 Å². The molecule has 0 fully saturated rings. The molecule has 178 valence electrons. The summed E-state index contributed by atoms with van der Waals surface area (Å²) in [5.74, 6) is -0.516. The number of nitrogens with zero attached hydrogens (tertiary/aromatic N) is 3. The minimum Gasteiger partial charge on any atom is -0.366 e. The van der Waals surface area contributed by atoms with E-state index in [1.807, 2.05) is 32.4 Å². The zero-order chi connectivity index (χ0) is 24.9. The van der Waals surface area contributed by atoms with Gasteiger partial charge in [0.15, 0.2) is 5.65 Å². The predicted molar refractivity (Wildman–Crippen MR) is 133 cm³/mol. The molecule has 1 aromatic carbocycles. The largest absolute Gasteiger partial charge is 0.366 e. The lowest BCUT2D eigenvalue weighted by molar-refractivity contribution is 0.0983. The number of carbonyl (C=O) groups is 1. The Balaban J connectivity index is 2.35. The van der Waals surface area contributed by atoms with E-state index in [1.165, 1.54) is 22.8 Å². The molecular formula is C20H21Cl4N5O3S. The van der Waals surface area contributed by atoms with E-state index in [4.69, 9.17) is 46.4 Å². The topological polar surface area (TPSA) is 105 Å². The van der Waals surface area contributed by atoms with Crippen LogP contribution in [0.25, 0.3) is 16.8 Å². The first-order chi connectivity index (χ1) is 15.1. The van der Waals surface area contributed by atoms with Gasteiger partial charge in [0.1, 0.15) is 16.5 Å². The fraction of sp³-hybridized carbons (Fsp3) is 0.350. The van der Waals surface area contributed by atoms with Gasteiger partial charge in [-0.1, -0.05) is 67.2 Å². The van der Waals surface area contributed by atoms with Crippen molar-refractivity contribution in [1.29, 1.82) is 0 Å². The van der Waals surface area contributed by atoms with Gasteiger partial charge in [-0.2, -0.15) is 9.61 Å². The number of halogens is 4. The first kappa shape index (κ1) is 25.8. The fourth-order valence-corrected chi connectivity index (χ4v) is 4.62. The van der Waals surface area contributed by atoms with E-state index < -0.39 is 15.9 Å². The van der Waals surface area contributed by atoms with E-state index in [2.05, 4.69) is 15.4 Å². The van der Waals surface area contributed by atoms with Crippen LogP contribution in [0.2, 0.25) is 20.2 Å². The third-order valence-electron chi connectivity index (χ3n) is 5.03. The van der Waals surface area contributed by atoms with Crippen molar-refractivity contribution in [3.8, 4) is 11.1 Å². The summed E-state index contributed by atoms with van der Waals surface area (Å²) in [6.07, 6.45) is 2.08. The highest BCUT2D eigenvalue weighted by atomic mass is 35.5. The number of sulfonamides is 1. The zero-order valence-corrected chi connectivity index (χ0v) is 22.1. The lowest BCUT2D eigenvalue weighted by atomic mass is 9.88. The second kappa shape index (κ2) is 9.11. The van der Waals surface area contributed by atoms with Crippen molar-refractivity contribution in [3.63, 3.8) is 0 Å². The van der Waals surface area contributed by atoms with Crippen molar-refractivity contribution >= 4 is 73.8 Å². The average molecular weight is 553 g/mol. The molecule has 0 spiro atoms. The van der Waals surface area contributed by atoms with Gasteiger partial charge in [-0.05, 0) is 24.5 Å². The molecule has 33 heavy (non-hydrogen) atoms. The van der Waals surface area contributed by atoms with Gasteiger partial charge < -0.3 is 5.32 Å². The molecule has 0 aliphatic rings. The Bertz CT molecular complexity index is 1340. The quantitative estimate of drug-likeness (QED) is 0.402. The Hall–Kier alpha value is -1.78. The van der Waals surface area contributed by atoms with Crippen molar-refractivity contribution < 1.29 is 13.2 Å². The molecule has 2 N–H and O–H groups in total. The number of anilines is 1. The summed E-state index contributed by atoms with van der Waals surface area (Å²) in [7, 11) is -3.80. The molecule has 0 saturated carbocycles. The van der Waals surface area contributed by atoms with E-state index in [-0.39, 0.29) is 37.9 Å². The van der Waals surface area contributed by atoms with Gasteiger partial charge in [-0.15, -0.1) is 0 Å². The number of aromatic nitrogens is 3. The highest BCUT2D eigenvalue weighted by Crippen LogP contribution is 2.44. The highest BCUT2D eigenvalue weighted by molar-refractivity contribution is 7.89. The summed E-state index contributed by atoms with van der Waals surface area (Å²) in [4.78, 5) is 16.9. The number of carbonyl (C=O) groups excluding carboxylic acids is 1. The average Bonchev–Trinajstić information content (AvgIpc) is 3.04. The van der Waals surface area contributed by atoms with Gasteiger partial charge in [0.05, 0.1) is 28.1 Å². The standard InChI is InChI=1S/C20H21Cl4N5O3S/c1-9(20(2,3)4)26-18-15(14-12(22)6-10(21)7-13(14)23)16(24)27-17-11(8-25-29(17)18)19(30)28-33(5,31)32/h6-9,26H,1-5H3,(H,28,30). The fourth-order valence-electron chi connectivity index (χ4n) is 2.91. The Kier molecular flexibility index (Phi) is 7.13. The second-order valence-corrected chi connectivity index (χ2v) is 12.0. The van der Waals surface area contributed by atoms with E-state index in [0.717, 1.165) is 6.26 Å². The summed E-state index contributed by atoms with van der Waals surface area (Å²) < 4.78 is 26.4. The van der Waals surface area contributed by atoms with E-state index >= 15 is 0 Å². The molecule has 8 nitrogen and oxygen atoms in total. The van der Waals surface area contributed by atoms with Crippen LogP contribution < -0.4 is 10.0 Å². The molecule has 0 aliphatic carbocycles. The maximum atomic E-state index is 12.5. The van der Waals surface area contributed by atoms with Crippen LogP contribution in [0.4, 0.5) is 5.82 Å². The smallest absolute Gasteiger partial charge is 0.270 e. The van der Waals surface area contributed by atoms with Crippen LogP contribution in [0.5, 0.6) is 0 Å². The SMILES string of the molecule is CC(Nc1c(-c2c(Cl)cc(Cl)cc2Cl)c(Cl)nc2c(C(=O)NS(C)(=O)=O)cnn12)C(C)(C)C. The molecule has 0 saturated heterocycles. The van der Waals surface area contributed by atoms with Gasteiger partial charge in [0.2, 0.25) is 10.0 Å². The lowest BCUT2D eigenvalue weighted by Crippen LogP contribution is -2.32. The third-order valence-corrected chi connectivity index (χ3v) is 6.68. The predicted octanol–water partition coefficient (Wildman–Crippen LogP) is 5.55. The van der Waals surface area contributed by atoms with Crippen molar-refractivity contribution in [2.24, 2.45) is 5.41 Å². The summed E-state index contributed by atoms with van der Waals surface area (Å²) in [5, 5.41) is 8.45. The summed E-state index contributed by atoms with van der Waals surface area (Å²) in [6.45, 7) is 8.09. The molecule has 13 heteroatoms. The van der Waals surface area contributed by atoms with Crippen LogP contribution in [0.1, 0.15) is 38.1 Å². The lowest BCUT2D eigenvalue weighted by Gasteiger charge is -2.30. The summed E-state index contributed by atoms with van der Waals surface area (Å²) in [5.41, 5.74) is 0.521. The minimum absolute atomic E-state index is 0.0221. The van der Waals surface area contributed by atoms with Crippen molar-refractivity contribution in [2.75, 3.05) is 11.6 Å². The Morgan fingerprint density at radius 3 is 2.18 bits per heavy atom. The maximum absolute atomic E-state index is 12.5. The Morgan fingerprint density at radius 2 is 1.67 bits per heavy atom. The normalized spacial score (nSPS) is 13.2. The number of hydrogen-bond donors (Lipinski definition) is 2. The molecule has 2 aromatic heterocycles. The molecule has 0 aliphatic heterocycles. The zero-order valence-electron chi connectivity index (χ0n) is 18.3. The van der Waals surface area contributed by atoms with Crippen molar-refractivity contribution in [1.82, 2.24) is 19.3 Å². The summed E-state index contributed by atoms with van der Waals surface area (Å²) >= 11 is 25.6. The summed E-state index contributed by atoms with van der Waals surface area (Å²) in [6, 6.07) is 2.94. The van der Waals surface area contributed by atoms with Gasteiger partial charge in [0, 0.05) is 16.6 Å². The van der Waals surface area contributed by atoms with Gasteiger partial charge in [-0.25, -0.2) is 18.1 Å². The van der Waals surface area contributed by atoms with Gasteiger partial charge >= 0.3 is 0 Å². The number of benzene rings is 1. The van der Waals surface area contributed by atoms with Crippen LogP contribution in [-0.2, 0) is 10.0 Å². The molecule has 1 amide bonds. The molecule has 1 unspecified atom stereocenters. The molecule has 1 atom stereocenters. The van der Waals surface area contributed by atoms with Crippen molar-refractivity contribution in [3.05, 3.63) is 44.1 Å². The second-order valence-electron chi connectivity index (χ2n) is 8.60. The van der Waals surface area contributed by atoms with Crippen molar-refractivity contribution in [2.45, 2.75) is 33.7 Å². The molecular weight excluding hydrogens is 532 g/mol. The highest BCUT2D eigenvalue weighted by Gasteiger charge is 2.28. The number of fused-ring (bicyclic) bond motifs is 1. The number of nitrogens with one attached hydrogen (secondary N) is 2. The minimum atomic E-state index is -3.80. The Morgan fingerprint density at radius 1 is 1.09 bits per heavy atom. The first-order valence-corrected chi connectivity index (χ1v) is 13.0. The molecule has 0 bridgehead atoms. The maximum Gasteiger partial charge on any atom is 0.270 e. The van der Waals surface area contributed by atoms with Crippen LogP contribution in [0.3, 0.4) is 0 Å². The number of rotatable bonds is 5. The molecule has 0 radical (unpaired) electrons. The van der Waals surface area contributed by atoms with E-state index in [1.54, 1.807) is 0 Å². The first-order valence-electron chi connectivity index (χ1n) is 9.61. The molecule has 2 heterocycles. The molecule has 3 aromatic rings. The van der Waals surface area contributed by atoms with Crippen LogP contribution >= 0.6 is 46.4 Å². The van der Waals surface area contributed by atoms with E-state index in [0.29, 0.717) is 22.0 Å². The number of amides is 1. The van der Waals surface area contributed by atoms with E-state index in [9.17, 15) is 13.2 Å². The Labute approximate surface area is 211 Å². The third kappa shape index (κ3) is 5.49. The number of hydrogen-bond acceptors (Lipinski definition) is 6. The monoisotopic (exact) mass is 551 g/mol. The van der Waals surface area contributed by atoms with Crippen LogP contribution in [-0.4, -0.2) is 41.2 Å². The molecule has 3 rings (SSSR count).